The number of nitrogens with zero attached hydrogens (tertiary/aromatic N) is 3. The van der Waals surface area contributed by atoms with Crippen molar-refractivity contribution in [3.8, 4) is 0 Å². The maximum absolute atomic E-state index is 5.66. The van der Waals surface area contributed by atoms with Crippen LogP contribution in [0.15, 0.2) is 42.9 Å². The second-order valence-corrected chi connectivity index (χ2v) is 7.88. The average Bonchev–Trinajstić information content (AvgIpc) is 3.32. The maximum Gasteiger partial charge on any atom is 0.170 e. The largest absolute Gasteiger partial charge is 0.383 e. The van der Waals surface area contributed by atoms with Crippen molar-refractivity contribution in [3.63, 3.8) is 0 Å². The molecule has 2 aliphatic rings. The Hall–Kier alpha value is -1.92. The van der Waals surface area contributed by atoms with Gasteiger partial charge in [-0.25, -0.2) is 0 Å². The zero-order chi connectivity index (χ0) is 18.6. The van der Waals surface area contributed by atoms with E-state index in [0.717, 1.165) is 17.4 Å². The molecule has 144 valence electrons. The third-order valence-corrected chi connectivity index (χ3v) is 6.16. The summed E-state index contributed by atoms with van der Waals surface area (Å²) in [4.78, 5) is 6.84. The fraction of sp³-hybridized carbons (Fsp3) is 0.524. The molecular formula is C21H28N4OS. The van der Waals surface area contributed by atoms with Crippen LogP contribution in [-0.2, 0) is 4.74 Å². The maximum atomic E-state index is 5.66. The fourth-order valence-corrected chi connectivity index (χ4v) is 4.74. The first-order valence-electron chi connectivity index (χ1n) is 9.92. The summed E-state index contributed by atoms with van der Waals surface area (Å²) < 4.78 is 7.74. The number of rotatable bonds is 6. The Morgan fingerprint density at radius 3 is 2.81 bits per heavy atom. The van der Waals surface area contributed by atoms with Gasteiger partial charge in [-0.15, -0.1) is 0 Å². The van der Waals surface area contributed by atoms with Crippen molar-refractivity contribution in [2.75, 3.05) is 20.3 Å². The fourth-order valence-electron chi connectivity index (χ4n) is 4.41. The van der Waals surface area contributed by atoms with Gasteiger partial charge in [-0.2, -0.15) is 0 Å². The van der Waals surface area contributed by atoms with E-state index in [1.807, 2.05) is 18.3 Å². The Balaban J connectivity index is 1.64. The zero-order valence-corrected chi connectivity index (χ0v) is 16.7. The first kappa shape index (κ1) is 18.4. The molecule has 2 aromatic heterocycles. The number of methoxy groups -OCH3 is 1. The van der Waals surface area contributed by atoms with E-state index in [9.17, 15) is 0 Å². The van der Waals surface area contributed by atoms with Gasteiger partial charge in [0.2, 0.25) is 0 Å². The van der Waals surface area contributed by atoms with Gasteiger partial charge in [-0.3, -0.25) is 4.98 Å². The number of hydrogen-bond acceptors (Lipinski definition) is 3. The van der Waals surface area contributed by atoms with E-state index in [4.69, 9.17) is 17.0 Å². The van der Waals surface area contributed by atoms with Crippen LogP contribution in [0.4, 0.5) is 0 Å². The molecule has 3 heterocycles. The normalized spacial score (nSPS) is 23.6. The average molecular weight is 385 g/mol. The van der Waals surface area contributed by atoms with Crippen LogP contribution >= 0.6 is 12.2 Å². The van der Waals surface area contributed by atoms with Crippen molar-refractivity contribution in [1.82, 2.24) is 19.8 Å². The molecule has 1 saturated carbocycles. The molecule has 0 bridgehead atoms. The van der Waals surface area contributed by atoms with Crippen molar-refractivity contribution in [2.24, 2.45) is 0 Å². The lowest BCUT2D eigenvalue weighted by Gasteiger charge is -2.27. The van der Waals surface area contributed by atoms with Crippen LogP contribution in [0.25, 0.3) is 0 Å². The van der Waals surface area contributed by atoms with Crippen molar-refractivity contribution >= 4 is 17.3 Å². The number of pyridine rings is 1. The Bertz CT molecular complexity index is 757. The molecule has 2 aromatic rings. The molecular weight excluding hydrogens is 356 g/mol. The van der Waals surface area contributed by atoms with Gasteiger partial charge in [-0.1, -0.05) is 25.3 Å². The van der Waals surface area contributed by atoms with Gasteiger partial charge in [0, 0.05) is 38.3 Å². The van der Waals surface area contributed by atoms with Crippen LogP contribution in [0.1, 0.15) is 61.5 Å². The standard InChI is InChI=1S/C21H28N4OS/c1-26-14-13-25-20(19(23-21(25)27)18-9-5-6-11-22-18)16-10-12-24(15-16)17-7-3-2-4-8-17/h5-6,9-12,15,17,19-20H,2-4,7-8,13-14H2,1H3,(H,23,27). The van der Waals surface area contributed by atoms with Gasteiger partial charge in [0.1, 0.15) is 0 Å². The molecule has 6 heteroatoms. The van der Waals surface area contributed by atoms with Gasteiger partial charge in [0.15, 0.2) is 5.11 Å². The Morgan fingerprint density at radius 1 is 1.22 bits per heavy atom. The second-order valence-electron chi connectivity index (χ2n) is 7.50. The summed E-state index contributed by atoms with van der Waals surface area (Å²) in [5, 5.41) is 4.27. The number of hydrogen-bond donors (Lipinski definition) is 1. The highest BCUT2D eigenvalue weighted by Gasteiger charge is 2.40. The molecule has 1 aliphatic carbocycles. The van der Waals surface area contributed by atoms with Crippen molar-refractivity contribution in [1.29, 1.82) is 0 Å². The molecule has 1 saturated heterocycles. The first-order chi connectivity index (χ1) is 13.3. The molecule has 1 N–H and O–H groups in total. The molecule has 2 fully saturated rings. The number of thiocarbonyl (C=S) groups is 1. The SMILES string of the molecule is COCCN1C(=S)NC(c2ccccn2)C1c1ccn(C2CCCCC2)c1. The highest BCUT2D eigenvalue weighted by atomic mass is 32.1. The summed E-state index contributed by atoms with van der Waals surface area (Å²) in [6, 6.07) is 9.14. The lowest BCUT2D eigenvalue weighted by molar-refractivity contribution is 0.164. The third-order valence-electron chi connectivity index (χ3n) is 5.81. The number of ether oxygens (including phenoxy) is 1. The van der Waals surface area contributed by atoms with E-state index >= 15 is 0 Å². The van der Waals surface area contributed by atoms with E-state index in [1.165, 1.54) is 37.7 Å². The second kappa shape index (κ2) is 8.40. The van der Waals surface area contributed by atoms with Crippen molar-refractivity contribution in [3.05, 3.63) is 54.1 Å². The molecule has 27 heavy (non-hydrogen) atoms. The lowest BCUT2D eigenvalue weighted by atomic mass is 9.95. The van der Waals surface area contributed by atoms with Crippen molar-refractivity contribution < 1.29 is 4.74 Å². The first-order valence-corrected chi connectivity index (χ1v) is 10.3. The summed E-state index contributed by atoms with van der Waals surface area (Å²) in [7, 11) is 1.73. The highest BCUT2D eigenvalue weighted by molar-refractivity contribution is 7.80. The minimum absolute atomic E-state index is 0.0535. The monoisotopic (exact) mass is 384 g/mol. The van der Waals surface area contributed by atoms with E-state index in [2.05, 4.69) is 44.3 Å². The molecule has 2 unspecified atom stereocenters. The number of aromatic nitrogens is 2. The summed E-state index contributed by atoms with van der Waals surface area (Å²) in [5.41, 5.74) is 2.31. The predicted molar refractivity (Wildman–Crippen MR) is 111 cm³/mol. The topological polar surface area (TPSA) is 42.3 Å². The van der Waals surface area contributed by atoms with Crippen molar-refractivity contribution in [2.45, 2.75) is 50.2 Å². The smallest absolute Gasteiger partial charge is 0.170 e. The van der Waals surface area contributed by atoms with Crippen LogP contribution in [0.2, 0.25) is 0 Å². The van der Waals surface area contributed by atoms with Gasteiger partial charge in [0.05, 0.1) is 24.4 Å². The molecule has 1 aliphatic heterocycles. The predicted octanol–water partition coefficient (Wildman–Crippen LogP) is 4.01. The molecule has 0 radical (unpaired) electrons. The van der Waals surface area contributed by atoms with Gasteiger partial charge in [0.25, 0.3) is 0 Å². The van der Waals surface area contributed by atoms with Crippen LogP contribution in [-0.4, -0.2) is 39.8 Å². The zero-order valence-electron chi connectivity index (χ0n) is 15.9. The van der Waals surface area contributed by atoms with Gasteiger partial charge in [-0.05, 0) is 48.8 Å². The van der Waals surface area contributed by atoms with Crippen LogP contribution < -0.4 is 5.32 Å². The van der Waals surface area contributed by atoms with Crippen LogP contribution in [0.5, 0.6) is 0 Å². The molecule has 4 rings (SSSR count). The summed E-state index contributed by atoms with van der Waals surface area (Å²) >= 11 is 5.66. The summed E-state index contributed by atoms with van der Waals surface area (Å²) in [6.07, 6.45) is 13.0. The van der Waals surface area contributed by atoms with Crippen LogP contribution in [0, 0.1) is 0 Å². The summed E-state index contributed by atoms with van der Waals surface area (Å²) in [6.45, 7) is 1.42. The van der Waals surface area contributed by atoms with E-state index in [0.29, 0.717) is 12.6 Å². The lowest BCUT2D eigenvalue weighted by Crippen LogP contribution is -2.32. The Kier molecular flexibility index (Phi) is 5.74. The quantitative estimate of drug-likeness (QED) is 0.763. The summed E-state index contributed by atoms with van der Waals surface area (Å²) in [5.74, 6) is 0. The molecule has 2 atom stereocenters. The third kappa shape index (κ3) is 3.87. The van der Waals surface area contributed by atoms with Crippen LogP contribution in [0.3, 0.4) is 0 Å². The van der Waals surface area contributed by atoms with E-state index in [1.54, 1.807) is 7.11 Å². The Morgan fingerprint density at radius 2 is 2.07 bits per heavy atom. The van der Waals surface area contributed by atoms with Gasteiger partial charge >= 0.3 is 0 Å². The van der Waals surface area contributed by atoms with E-state index in [-0.39, 0.29) is 12.1 Å². The molecule has 5 nitrogen and oxygen atoms in total. The number of nitrogens with one attached hydrogen (secondary N) is 1. The van der Waals surface area contributed by atoms with Gasteiger partial charge < -0.3 is 19.5 Å². The molecule has 0 aromatic carbocycles. The Labute approximate surface area is 166 Å². The van der Waals surface area contributed by atoms with E-state index < -0.39 is 0 Å². The highest BCUT2D eigenvalue weighted by Crippen LogP contribution is 2.39. The molecule has 0 amide bonds. The minimum Gasteiger partial charge on any atom is -0.383 e. The minimum atomic E-state index is 0.0535. The molecule has 0 spiro atoms.